The quantitative estimate of drug-likeness (QED) is 0.645. The lowest BCUT2D eigenvalue weighted by molar-refractivity contribution is -0.143. The van der Waals surface area contributed by atoms with Crippen LogP contribution in [0.5, 0.6) is 0 Å². The van der Waals surface area contributed by atoms with Crippen molar-refractivity contribution in [2.75, 3.05) is 6.61 Å². The summed E-state index contributed by atoms with van der Waals surface area (Å²) >= 11 is 0. The third-order valence-corrected chi connectivity index (χ3v) is 2.72. The maximum atomic E-state index is 10.9. The van der Waals surface area contributed by atoms with Gasteiger partial charge < -0.3 is 9.84 Å². The molecule has 1 N–H and O–H groups in total. The Hall–Kier alpha value is -0.570. The highest BCUT2D eigenvalue weighted by atomic mass is 16.6. The Morgan fingerprint density at radius 2 is 2.42 bits per heavy atom. The van der Waals surface area contributed by atoms with Crippen molar-refractivity contribution in [1.29, 1.82) is 0 Å². The van der Waals surface area contributed by atoms with Crippen molar-refractivity contribution in [3.05, 3.63) is 0 Å². The van der Waals surface area contributed by atoms with Crippen LogP contribution in [-0.2, 0) is 9.53 Å². The Labute approximate surface area is 72.7 Å². The zero-order chi connectivity index (χ0) is 9.14. The minimum Gasteiger partial charge on any atom is -0.460 e. The highest BCUT2D eigenvalue weighted by Gasteiger charge is 2.36. The molecule has 1 aliphatic heterocycles. The van der Waals surface area contributed by atoms with Crippen LogP contribution in [0.4, 0.5) is 0 Å². The summed E-state index contributed by atoms with van der Waals surface area (Å²) < 4.78 is 4.96. The van der Waals surface area contributed by atoms with Crippen molar-refractivity contribution in [1.82, 2.24) is 0 Å². The van der Waals surface area contributed by atoms with Crippen molar-refractivity contribution in [2.24, 2.45) is 11.8 Å². The number of carbonyl (C=O) groups excluding carboxylic acids is 1. The van der Waals surface area contributed by atoms with E-state index in [0.29, 0.717) is 12.3 Å². The first-order chi connectivity index (χ1) is 5.69. The number of rotatable bonds is 3. The second kappa shape index (κ2) is 3.90. The number of aliphatic hydroxyl groups excluding tert-OH is 1. The van der Waals surface area contributed by atoms with Crippen LogP contribution in [0.25, 0.3) is 0 Å². The molecule has 1 heterocycles. The fraction of sp³-hybridized carbons (Fsp3) is 0.889. The summed E-state index contributed by atoms with van der Waals surface area (Å²) in [7, 11) is 0. The molecule has 1 fully saturated rings. The molecule has 3 atom stereocenters. The van der Waals surface area contributed by atoms with Gasteiger partial charge >= 0.3 is 5.97 Å². The van der Waals surface area contributed by atoms with E-state index >= 15 is 0 Å². The molecule has 0 amide bonds. The molecule has 3 heteroatoms. The fourth-order valence-corrected chi connectivity index (χ4v) is 1.67. The first kappa shape index (κ1) is 9.52. The molecule has 0 aromatic carbocycles. The van der Waals surface area contributed by atoms with E-state index in [9.17, 15) is 4.79 Å². The first-order valence-corrected chi connectivity index (χ1v) is 4.49. The Balaban J connectivity index is 2.56. The molecule has 0 spiro atoms. The van der Waals surface area contributed by atoms with Crippen molar-refractivity contribution in [3.8, 4) is 0 Å². The van der Waals surface area contributed by atoms with E-state index in [2.05, 4.69) is 13.8 Å². The number of hydrogen-bond donors (Lipinski definition) is 1. The van der Waals surface area contributed by atoms with Crippen LogP contribution in [0.3, 0.4) is 0 Å². The largest absolute Gasteiger partial charge is 0.460 e. The van der Waals surface area contributed by atoms with Gasteiger partial charge in [-0.2, -0.15) is 0 Å². The molecule has 3 unspecified atom stereocenters. The van der Waals surface area contributed by atoms with Crippen LogP contribution in [-0.4, -0.2) is 23.8 Å². The predicted molar refractivity (Wildman–Crippen MR) is 44.5 cm³/mol. The zero-order valence-corrected chi connectivity index (χ0v) is 7.62. The van der Waals surface area contributed by atoms with Crippen molar-refractivity contribution >= 4 is 5.97 Å². The number of aliphatic hydroxyl groups is 1. The minimum atomic E-state index is -0.257. The summed E-state index contributed by atoms with van der Waals surface area (Å²) in [5.41, 5.74) is 0. The predicted octanol–water partition coefficient (Wildman–Crippen LogP) is 0.956. The van der Waals surface area contributed by atoms with Crippen LogP contribution < -0.4 is 0 Å². The Bertz CT molecular complexity index is 167. The van der Waals surface area contributed by atoms with Crippen molar-refractivity contribution < 1.29 is 14.6 Å². The summed E-state index contributed by atoms with van der Waals surface area (Å²) in [4.78, 5) is 10.9. The van der Waals surface area contributed by atoms with E-state index in [1.165, 1.54) is 0 Å². The van der Waals surface area contributed by atoms with Gasteiger partial charge in [-0.05, 0) is 5.92 Å². The molecule has 1 saturated heterocycles. The van der Waals surface area contributed by atoms with Gasteiger partial charge in [-0.25, -0.2) is 0 Å². The Kier molecular flexibility index (Phi) is 3.09. The number of ether oxygens (including phenoxy) is 1. The van der Waals surface area contributed by atoms with Crippen LogP contribution in [0, 0.1) is 11.8 Å². The molecule has 0 aliphatic carbocycles. The van der Waals surface area contributed by atoms with E-state index in [-0.39, 0.29) is 24.6 Å². The van der Waals surface area contributed by atoms with Crippen molar-refractivity contribution in [2.45, 2.75) is 32.8 Å². The third-order valence-electron chi connectivity index (χ3n) is 2.72. The number of esters is 1. The van der Waals surface area contributed by atoms with Gasteiger partial charge in [0, 0.05) is 5.92 Å². The van der Waals surface area contributed by atoms with Crippen LogP contribution in [0.15, 0.2) is 0 Å². The summed E-state index contributed by atoms with van der Waals surface area (Å²) in [5, 5.41) is 8.92. The summed E-state index contributed by atoms with van der Waals surface area (Å²) in [5.74, 6) is 0.500. The Morgan fingerprint density at radius 3 is 2.92 bits per heavy atom. The Morgan fingerprint density at radius 1 is 1.75 bits per heavy atom. The van der Waals surface area contributed by atoms with Gasteiger partial charge in [0.15, 0.2) is 0 Å². The van der Waals surface area contributed by atoms with Gasteiger partial charge in [0.05, 0.1) is 13.0 Å². The van der Waals surface area contributed by atoms with Gasteiger partial charge in [-0.3, -0.25) is 4.79 Å². The molecule has 0 saturated carbocycles. The van der Waals surface area contributed by atoms with E-state index in [0.717, 1.165) is 6.42 Å². The van der Waals surface area contributed by atoms with E-state index in [1.807, 2.05) is 0 Å². The standard InChI is InChI=1S/C9H16O3/c1-3-6(2)7-4-9(11)12-8(7)5-10/h6-8,10H,3-5H2,1-2H3. The minimum absolute atomic E-state index is 0.0409. The lowest BCUT2D eigenvalue weighted by atomic mass is 9.86. The monoisotopic (exact) mass is 172 g/mol. The molecule has 0 bridgehead atoms. The maximum absolute atomic E-state index is 10.9. The maximum Gasteiger partial charge on any atom is 0.306 e. The SMILES string of the molecule is CCC(C)C1CC(=O)OC1CO. The number of hydrogen-bond acceptors (Lipinski definition) is 3. The first-order valence-electron chi connectivity index (χ1n) is 4.49. The van der Waals surface area contributed by atoms with Gasteiger partial charge in [0.2, 0.25) is 0 Å². The highest BCUT2D eigenvalue weighted by Crippen LogP contribution is 2.30. The lowest BCUT2D eigenvalue weighted by Crippen LogP contribution is -2.25. The van der Waals surface area contributed by atoms with Gasteiger partial charge in [-0.1, -0.05) is 20.3 Å². The van der Waals surface area contributed by atoms with Crippen LogP contribution >= 0.6 is 0 Å². The molecular formula is C9H16O3. The van der Waals surface area contributed by atoms with Gasteiger partial charge in [0.1, 0.15) is 6.10 Å². The molecule has 1 rings (SSSR count). The molecular weight excluding hydrogens is 156 g/mol. The molecule has 0 radical (unpaired) electrons. The zero-order valence-electron chi connectivity index (χ0n) is 7.62. The van der Waals surface area contributed by atoms with E-state index in [4.69, 9.17) is 9.84 Å². The second-order valence-electron chi connectivity index (χ2n) is 3.46. The van der Waals surface area contributed by atoms with Gasteiger partial charge in [-0.15, -0.1) is 0 Å². The summed E-state index contributed by atoms with van der Waals surface area (Å²) in [6.07, 6.45) is 1.24. The molecule has 1 aliphatic rings. The second-order valence-corrected chi connectivity index (χ2v) is 3.46. The van der Waals surface area contributed by atoms with E-state index < -0.39 is 0 Å². The molecule has 70 valence electrons. The molecule has 3 nitrogen and oxygen atoms in total. The molecule has 0 aromatic rings. The topological polar surface area (TPSA) is 46.5 Å². The average molecular weight is 172 g/mol. The van der Waals surface area contributed by atoms with E-state index in [1.54, 1.807) is 0 Å². The van der Waals surface area contributed by atoms with Gasteiger partial charge in [0.25, 0.3) is 0 Å². The smallest absolute Gasteiger partial charge is 0.306 e. The number of cyclic esters (lactones) is 1. The number of carbonyl (C=O) groups is 1. The molecule has 12 heavy (non-hydrogen) atoms. The fourth-order valence-electron chi connectivity index (χ4n) is 1.67. The van der Waals surface area contributed by atoms with Crippen LogP contribution in [0.2, 0.25) is 0 Å². The van der Waals surface area contributed by atoms with Crippen molar-refractivity contribution in [3.63, 3.8) is 0 Å². The summed E-state index contributed by atoms with van der Waals surface area (Å²) in [6.45, 7) is 4.14. The summed E-state index contributed by atoms with van der Waals surface area (Å²) in [6, 6.07) is 0. The lowest BCUT2D eigenvalue weighted by Gasteiger charge is -2.20. The highest BCUT2D eigenvalue weighted by molar-refractivity contribution is 5.72. The third kappa shape index (κ3) is 1.78. The van der Waals surface area contributed by atoms with Crippen LogP contribution in [0.1, 0.15) is 26.7 Å². The average Bonchev–Trinajstić information content (AvgIpc) is 2.45. The normalized spacial score (nSPS) is 31.8. The molecule has 0 aromatic heterocycles.